The summed E-state index contributed by atoms with van der Waals surface area (Å²) < 4.78 is 5.75. The minimum atomic E-state index is -0.317. The standard InChI is InChI=1S/C17H23NO4S/c1-3-22-15-10-14(20)17(15)6-8-18(9-7-17)16(21)13-5-4-12(23-13)11(2)19/h4-5,14-15,20H,3,6-10H2,1-2H3. The molecule has 2 atom stereocenters. The number of hydrogen-bond donors (Lipinski definition) is 1. The van der Waals surface area contributed by atoms with E-state index in [9.17, 15) is 14.7 Å². The predicted octanol–water partition coefficient (Wildman–Crippen LogP) is 2.34. The molecule has 1 aliphatic heterocycles. The Morgan fingerprint density at radius 1 is 1.35 bits per heavy atom. The zero-order chi connectivity index (χ0) is 16.6. The summed E-state index contributed by atoms with van der Waals surface area (Å²) in [5.41, 5.74) is -0.174. The van der Waals surface area contributed by atoms with Gasteiger partial charge in [-0.25, -0.2) is 0 Å². The molecule has 3 rings (SSSR count). The molecular weight excluding hydrogens is 314 g/mol. The summed E-state index contributed by atoms with van der Waals surface area (Å²) in [7, 11) is 0. The van der Waals surface area contributed by atoms with Gasteiger partial charge < -0.3 is 14.7 Å². The molecule has 2 unspecified atom stereocenters. The van der Waals surface area contributed by atoms with Crippen molar-refractivity contribution in [2.45, 2.75) is 45.3 Å². The van der Waals surface area contributed by atoms with Crippen LogP contribution in [0.1, 0.15) is 52.5 Å². The van der Waals surface area contributed by atoms with Crippen molar-refractivity contribution in [1.82, 2.24) is 4.90 Å². The Labute approximate surface area is 140 Å². The molecule has 23 heavy (non-hydrogen) atoms. The van der Waals surface area contributed by atoms with Gasteiger partial charge in [-0.15, -0.1) is 11.3 Å². The number of nitrogens with zero attached hydrogens (tertiary/aromatic N) is 1. The number of thiophene rings is 1. The van der Waals surface area contributed by atoms with E-state index in [1.54, 1.807) is 12.1 Å². The third kappa shape index (κ3) is 2.84. The van der Waals surface area contributed by atoms with Gasteiger partial charge in [-0.3, -0.25) is 9.59 Å². The van der Waals surface area contributed by atoms with Crippen LogP contribution in [0.5, 0.6) is 0 Å². The van der Waals surface area contributed by atoms with E-state index in [4.69, 9.17) is 4.74 Å². The largest absolute Gasteiger partial charge is 0.392 e. The maximum Gasteiger partial charge on any atom is 0.263 e. The summed E-state index contributed by atoms with van der Waals surface area (Å²) in [5.74, 6) is -0.0251. The lowest BCUT2D eigenvalue weighted by molar-refractivity contribution is -0.207. The van der Waals surface area contributed by atoms with Crippen molar-refractivity contribution in [2.24, 2.45) is 5.41 Å². The van der Waals surface area contributed by atoms with E-state index in [1.165, 1.54) is 18.3 Å². The third-order valence-electron chi connectivity index (χ3n) is 5.26. The topological polar surface area (TPSA) is 66.8 Å². The molecule has 2 heterocycles. The lowest BCUT2D eigenvalue weighted by atomic mass is 9.58. The molecule has 1 aromatic heterocycles. The predicted molar refractivity (Wildman–Crippen MR) is 87.9 cm³/mol. The highest BCUT2D eigenvalue weighted by atomic mass is 32.1. The van der Waals surface area contributed by atoms with Gasteiger partial charge in [0.2, 0.25) is 0 Å². The molecule has 1 aliphatic carbocycles. The Morgan fingerprint density at radius 2 is 2.00 bits per heavy atom. The average Bonchev–Trinajstić information content (AvgIpc) is 3.04. The zero-order valence-corrected chi connectivity index (χ0v) is 14.4. The van der Waals surface area contributed by atoms with Gasteiger partial charge >= 0.3 is 0 Å². The Kier molecular flexibility index (Phi) is 4.58. The second-order valence-corrected chi connectivity index (χ2v) is 7.52. The lowest BCUT2D eigenvalue weighted by Crippen LogP contribution is -2.62. The van der Waals surface area contributed by atoms with E-state index in [-0.39, 0.29) is 29.3 Å². The van der Waals surface area contributed by atoms with E-state index >= 15 is 0 Å². The van der Waals surface area contributed by atoms with Crippen LogP contribution in [0.2, 0.25) is 0 Å². The van der Waals surface area contributed by atoms with Crippen LogP contribution in [0.3, 0.4) is 0 Å². The number of likely N-dealkylation sites (tertiary alicyclic amines) is 1. The average molecular weight is 337 g/mol. The Balaban J connectivity index is 1.64. The highest BCUT2D eigenvalue weighted by Gasteiger charge is 2.56. The number of piperidine rings is 1. The summed E-state index contributed by atoms with van der Waals surface area (Å²) >= 11 is 1.26. The fourth-order valence-corrected chi connectivity index (χ4v) is 4.61. The highest BCUT2D eigenvalue weighted by Crippen LogP contribution is 2.51. The van der Waals surface area contributed by atoms with Crippen molar-refractivity contribution in [2.75, 3.05) is 19.7 Å². The molecule has 0 radical (unpaired) electrons. The highest BCUT2D eigenvalue weighted by molar-refractivity contribution is 7.15. The van der Waals surface area contributed by atoms with Crippen molar-refractivity contribution in [1.29, 1.82) is 0 Å². The van der Waals surface area contributed by atoms with Gasteiger partial charge in [-0.05, 0) is 38.8 Å². The summed E-state index contributed by atoms with van der Waals surface area (Å²) in [4.78, 5) is 27.0. The lowest BCUT2D eigenvalue weighted by Gasteiger charge is -2.56. The maximum absolute atomic E-state index is 12.6. The van der Waals surface area contributed by atoms with Gasteiger partial charge in [0.15, 0.2) is 5.78 Å². The fourth-order valence-electron chi connectivity index (χ4n) is 3.74. The molecule has 1 N–H and O–H groups in total. The van der Waals surface area contributed by atoms with Gasteiger partial charge in [0, 0.05) is 31.5 Å². The van der Waals surface area contributed by atoms with Gasteiger partial charge in [0.25, 0.3) is 5.91 Å². The molecule has 0 aromatic carbocycles. The second kappa shape index (κ2) is 6.34. The van der Waals surface area contributed by atoms with Crippen LogP contribution in [0.25, 0.3) is 0 Å². The smallest absolute Gasteiger partial charge is 0.263 e. The first-order valence-corrected chi connectivity index (χ1v) is 8.99. The SMILES string of the molecule is CCOC1CC(O)C12CCN(C(=O)c1ccc(C(C)=O)s1)CC2. The first-order valence-electron chi connectivity index (χ1n) is 8.17. The number of ether oxygens (including phenoxy) is 1. The normalized spacial score (nSPS) is 26.1. The van der Waals surface area contributed by atoms with Crippen molar-refractivity contribution >= 4 is 23.0 Å². The zero-order valence-electron chi connectivity index (χ0n) is 13.6. The first-order chi connectivity index (χ1) is 11.0. The van der Waals surface area contributed by atoms with E-state index in [0.29, 0.717) is 35.9 Å². The van der Waals surface area contributed by atoms with Crippen LogP contribution in [0.15, 0.2) is 12.1 Å². The number of aliphatic hydroxyl groups is 1. The number of ketones is 1. The van der Waals surface area contributed by atoms with Gasteiger partial charge in [0.1, 0.15) is 0 Å². The number of carbonyl (C=O) groups is 2. The quantitative estimate of drug-likeness (QED) is 0.857. The minimum Gasteiger partial charge on any atom is -0.392 e. The van der Waals surface area contributed by atoms with Crippen molar-refractivity contribution < 1.29 is 19.4 Å². The molecule has 126 valence electrons. The molecule has 1 amide bonds. The van der Waals surface area contributed by atoms with Crippen LogP contribution in [0.4, 0.5) is 0 Å². The summed E-state index contributed by atoms with van der Waals surface area (Å²) in [6, 6.07) is 3.45. The van der Waals surface area contributed by atoms with Crippen molar-refractivity contribution in [3.8, 4) is 0 Å². The minimum absolute atomic E-state index is 0.0104. The Morgan fingerprint density at radius 3 is 2.52 bits per heavy atom. The van der Waals surface area contributed by atoms with E-state index in [2.05, 4.69) is 0 Å². The third-order valence-corrected chi connectivity index (χ3v) is 6.43. The molecule has 2 aliphatic rings. The van der Waals surface area contributed by atoms with Gasteiger partial charge in [0.05, 0.1) is 22.0 Å². The number of hydrogen-bond acceptors (Lipinski definition) is 5. The van der Waals surface area contributed by atoms with Crippen LogP contribution in [-0.2, 0) is 4.74 Å². The van der Waals surface area contributed by atoms with Gasteiger partial charge in [-0.1, -0.05) is 0 Å². The molecule has 5 nitrogen and oxygen atoms in total. The van der Waals surface area contributed by atoms with E-state index < -0.39 is 0 Å². The van der Waals surface area contributed by atoms with Crippen LogP contribution in [0, 0.1) is 5.41 Å². The molecule has 1 aromatic rings. The van der Waals surface area contributed by atoms with Crippen LogP contribution < -0.4 is 0 Å². The number of carbonyl (C=O) groups excluding carboxylic acids is 2. The fraction of sp³-hybridized carbons (Fsp3) is 0.647. The summed E-state index contributed by atoms with van der Waals surface area (Å²) in [6.07, 6.45) is 2.05. The Hall–Kier alpha value is -1.24. The number of Topliss-reactive ketones (excluding diaryl/α,β-unsaturated/α-hetero) is 1. The van der Waals surface area contributed by atoms with Crippen molar-refractivity contribution in [3.05, 3.63) is 21.9 Å². The number of rotatable bonds is 4. The molecule has 2 fully saturated rings. The molecular formula is C17H23NO4S. The van der Waals surface area contributed by atoms with Crippen molar-refractivity contribution in [3.63, 3.8) is 0 Å². The number of aliphatic hydroxyl groups excluding tert-OH is 1. The van der Waals surface area contributed by atoms with E-state index in [1.807, 2.05) is 11.8 Å². The Bertz CT molecular complexity index is 601. The maximum atomic E-state index is 12.6. The number of amides is 1. The van der Waals surface area contributed by atoms with Crippen LogP contribution in [-0.4, -0.2) is 53.6 Å². The molecule has 1 spiro atoms. The molecule has 0 bridgehead atoms. The summed E-state index contributed by atoms with van der Waals surface area (Å²) in [5, 5.41) is 10.2. The second-order valence-electron chi connectivity index (χ2n) is 6.44. The molecule has 1 saturated heterocycles. The molecule has 1 saturated carbocycles. The first kappa shape index (κ1) is 16.6. The summed E-state index contributed by atoms with van der Waals surface area (Å²) in [6.45, 7) is 5.40. The van der Waals surface area contributed by atoms with E-state index in [0.717, 1.165) is 12.8 Å². The molecule has 6 heteroatoms. The monoisotopic (exact) mass is 337 g/mol. The van der Waals surface area contributed by atoms with Crippen LogP contribution >= 0.6 is 11.3 Å². The van der Waals surface area contributed by atoms with Gasteiger partial charge in [-0.2, -0.15) is 0 Å².